The van der Waals surface area contributed by atoms with E-state index >= 15 is 0 Å². The summed E-state index contributed by atoms with van der Waals surface area (Å²) in [5, 5.41) is 3.47. The van der Waals surface area contributed by atoms with E-state index in [-0.39, 0.29) is 18.2 Å². The Morgan fingerprint density at radius 1 is 0.828 bits per heavy atom. The molecule has 0 radical (unpaired) electrons. The van der Waals surface area contributed by atoms with Crippen LogP contribution in [0.4, 0.5) is 5.69 Å². The summed E-state index contributed by atoms with van der Waals surface area (Å²) in [6, 6.07) is 22.6. The van der Waals surface area contributed by atoms with E-state index in [9.17, 15) is 4.79 Å². The normalized spacial score (nSPS) is 11.4. The Labute approximate surface area is 171 Å². The molecule has 1 atom stereocenters. The van der Waals surface area contributed by atoms with Crippen molar-refractivity contribution in [3.63, 3.8) is 0 Å². The van der Waals surface area contributed by atoms with Crippen LogP contribution in [-0.2, 0) is 0 Å². The molecule has 0 aromatic heterocycles. The average Bonchev–Trinajstić information content (AvgIpc) is 2.78. The second kappa shape index (κ2) is 9.64. The second-order valence-electron chi connectivity index (χ2n) is 6.53. The van der Waals surface area contributed by atoms with Gasteiger partial charge in [-0.3, -0.25) is 4.79 Å². The number of hydrogen-bond donors (Lipinski definition) is 1. The summed E-state index contributed by atoms with van der Waals surface area (Å²) in [5.41, 5.74) is 2.54. The fourth-order valence-electron chi connectivity index (χ4n) is 3.14. The molecule has 0 bridgehead atoms. The van der Waals surface area contributed by atoms with E-state index in [1.54, 1.807) is 39.5 Å². The fraction of sp³-hybridized carbons (Fsp3) is 0.208. The fourth-order valence-corrected chi connectivity index (χ4v) is 3.14. The number of carbonyl (C=O) groups excluding carboxylic acids is 1. The zero-order valence-electron chi connectivity index (χ0n) is 16.8. The number of rotatable bonds is 9. The van der Waals surface area contributed by atoms with Crippen LogP contribution in [-0.4, -0.2) is 27.1 Å². The van der Waals surface area contributed by atoms with E-state index in [0.29, 0.717) is 17.1 Å². The van der Waals surface area contributed by atoms with Crippen LogP contribution in [0.15, 0.2) is 72.8 Å². The third-order valence-electron chi connectivity index (χ3n) is 4.73. The molecule has 0 saturated heterocycles. The molecule has 0 amide bonds. The van der Waals surface area contributed by atoms with Crippen LogP contribution >= 0.6 is 0 Å². The van der Waals surface area contributed by atoms with E-state index in [1.807, 2.05) is 54.6 Å². The number of ether oxygens (including phenoxy) is 3. The van der Waals surface area contributed by atoms with Gasteiger partial charge in [-0.1, -0.05) is 30.3 Å². The summed E-state index contributed by atoms with van der Waals surface area (Å²) in [5.74, 6) is 1.92. The highest BCUT2D eigenvalue weighted by Crippen LogP contribution is 2.30. The van der Waals surface area contributed by atoms with Crippen LogP contribution in [0.5, 0.6) is 17.2 Å². The highest BCUT2D eigenvalue weighted by atomic mass is 16.5. The lowest BCUT2D eigenvalue weighted by Gasteiger charge is -2.20. The molecule has 0 spiro atoms. The first-order valence-electron chi connectivity index (χ1n) is 9.35. The predicted octanol–water partition coefficient (Wildman–Crippen LogP) is 5.14. The second-order valence-corrected chi connectivity index (χ2v) is 6.53. The minimum absolute atomic E-state index is 0.00945. The SMILES string of the molecule is COc1ccc(C(CC(=O)c2ccc(OC)c(OC)c2)Nc2ccccc2)cc1. The Bertz CT molecular complexity index is 939. The van der Waals surface area contributed by atoms with Crippen LogP contribution in [0.3, 0.4) is 0 Å². The predicted molar refractivity (Wildman–Crippen MR) is 114 cm³/mol. The minimum atomic E-state index is -0.191. The first kappa shape index (κ1) is 20.3. The van der Waals surface area contributed by atoms with Gasteiger partial charge in [-0.05, 0) is 48.0 Å². The zero-order chi connectivity index (χ0) is 20.6. The van der Waals surface area contributed by atoms with Crippen LogP contribution in [0.1, 0.15) is 28.4 Å². The standard InChI is InChI=1S/C24H25NO4/c1-27-20-12-9-17(10-13-20)21(25-19-7-5-4-6-8-19)16-22(26)18-11-14-23(28-2)24(15-18)29-3/h4-15,21,25H,16H2,1-3H3. The Hall–Kier alpha value is -3.47. The van der Waals surface area contributed by atoms with Gasteiger partial charge in [-0.15, -0.1) is 0 Å². The topological polar surface area (TPSA) is 56.8 Å². The molecule has 0 aliphatic heterocycles. The molecular formula is C24H25NO4. The van der Waals surface area contributed by atoms with E-state index < -0.39 is 0 Å². The van der Waals surface area contributed by atoms with Gasteiger partial charge in [0.1, 0.15) is 5.75 Å². The van der Waals surface area contributed by atoms with Gasteiger partial charge in [0.25, 0.3) is 0 Å². The highest BCUT2D eigenvalue weighted by Gasteiger charge is 2.19. The summed E-state index contributed by atoms with van der Waals surface area (Å²) >= 11 is 0. The van der Waals surface area contributed by atoms with Crippen LogP contribution in [0, 0.1) is 0 Å². The third-order valence-corrected chi connectivity index (χ3v) is 4.73. The van der Waals surface area contributed by atoms with Gasteiger partial charge in [0.05, 0.1) is 27.4 Å². The van der Waals surface area contributed by atoms with Gasteiger partial charge in [0.2, 0.25) is 0 Å². The molecule has 29 heavy (non-hydrogen) atoms. The van der Waals surface area contributed by atoms with Crippen molar-refractivity contribution < 1.29 is 19.0 Å². The molecule has 0 heterocycles. The molecule has 1 unspecified atom stereocenters. The summed E-state index contributed by atoms with van der Waals surface area (Å²) in [7, 11) is 4.77. The lowest BCUT2D eigenvalue weighted by Crippen LogP contribution is -2.16. The number of para-hydroxylation sites is 1. The molecule has 3 aromatic rings. The van der Waals surface area contributed by atoms with Gasteiger partial charge in [-0.25, -0.2) is 0 Å². The first-order valence-corrected chi connectivity index (χ1v) is 9.35. The molecule has 0 aliphatic rings. The maximum absolute atomic E-state index is 13.0. The number of Topliss-reactive ketones (excluding diaryl/α,β-unsaturated/α-hetero) is 1. The lowest BCUT2D eigenvalue weighted by atomic mass is 9.97. The maximum Gasteiger partial charge on any atom is 0.165 e. The van der Waals surface area contributed by atoms with Crippen molar-refractivity contribution in [1.82, 2.24) is 0 Å². The number of methoxy groups -OCH3 is 3. The van der Waals surface area contributed by atoms with E-state index in [1.165, 1.54) is 0 Å². The van der Waals surface area contributed by atoms with Crippen molar-refractivity contribution in [3.05, 3.63) is 83.9 Å². The zero-order valence-corrected chi connectivity index (χ0v) is 16.8. The highest BCUT2D eigenvalue weighted by molar-refractivity contribution is 5.97. The van der Waals surface area contributed by atoms with Crippen molar-refractivity contribution in [3.8, 4) is 17.2 Å². The molecule has 0 aliphatic carbocycles. The van der Waals surface area contributed by atoms with Crippen molar-refractivity contribution in [2.24, 2.45) is 0 Å². The van der Waals surface area contributed by atoms with Crippen LogP contribution < -0.4 is 19.5 Å². The molecule has 1 N–H and O–H groups in total. The molecule has 3 rings (SSSR count). The van der Waals surface area contributed by atoms with Gasteiger partial charge >= 0.3 is 0 Å². The van der Waals surface area contributed by atoms with E-state index in [2.05, 4.69) is 5.32 Å². The van der Waals surface area contributed by atoms with E-state index in [4.69, 9.17) is 14.2 Å². The summed E-state index contributed by atoms with van der Waals surface area (Å²) in [4.78, 5) is 13.0. The number of ketones is 1. The maximum atomic E-state index is 13.0. The Kier molecular flexibility index (Phi) is 6.74. The molecule has 0 saturated carbocycles. The van der Waals surface area contributed by atoms with Crippen LogP contribution in [0.2, 0.25) is 0 Å². The largest absolute Gasteiger partial charge is 0.497 e. The number of benzene rings is 3. The summed E-state index contributed by atoms with van der Waals surface area (Å²) in [6.45, 7) is 0. The Balaban J connectivity index is 1.86. The first-order chi connectivity index (χ1) is 14.1. The minimum Gasteiger partial charge on any atom is -0.497 e. The summed E-state index contributed by atoms with van der Waals surface area (Å²) < 4.78 is 15.8. The smallest absolute Gasteiger partial charge is 0.165 e. The van der Waals surface area contributed by atoms with Crippen molar-refractivity contribution >= 4 is 11.5 Å². The number of carbonyl (C=O) groups is 1. The summed E-state index contributed by atoms with van der Waals surface area (Å²) in [6.07, 6.45) is 0.288. The van der Waals surface area contributed by atoms with Crippen molar-refractivity contribution in [2.75, 3.05) is 26.6 Å². The molecule has 5 nitrogen and oxygen atoms in total. The number of nitrogens with one attached hydrogen (secondary N) is 1. The molecule has 5 heteroatoms. The van der Waals surface area contributed by atoms with Gasteiger partial charge in [-0.2, -0.15) is 0 Å². The van der Waals surface area contributed by atoms with Crippen LogP contribution in [0.25, 0.3) is 0 Å². The number of hydrogen-bond acceptors (Lipinski definition) is 5. The number of anilines is 1. The molecule has 150 valence electrons. The monoisotopic (exact) mass is 391 g/mol. The molecule has 3 aromatic carbocycles. The lowest BCUT2D eigenvalue weighted by molar-refractivity contribution is 0.0976. The Morgan fingerprint density at radius 3 is 2.14 bits per heavy atom. The van der Waals surface area contributed by atoms with E-state index in [0.717, 1.165) is 17.0 Å². The quantitative estimate of drug-likeness (QED) is 0.512. The van der Waals surface area contributed by atoms with Gasteiger partial charge in [0, 0.05) is 17.7 Å². The third kappa shape index (κ3) is 5.08. The molecule has 0 fully saturated rings. The van der Waals surface area contributed by atoms with Crippen molar-refractivity contribution in [1.29, 1.82) is 0 Å². The van der Waals surface area contributed by atoms with Gasteiger partial charge < -0.3 is 19.5 Å². The van der Waals surface area contributed by atoms with Gasteiger partial charge in [0.15, 0.2) is 17.3 Å². The Morgan fingerprint density at radius 2 is 1.52 bits per heavy atom. The average molecular weight is 391 g/mol. The van der Waals surface area contributed by atoms with Crippen molar-refractivity contribution in [2.45, 2.75) is 12.5 Å². The molecular weight excluding hydrogens is 366 g/mol.